The van der Waals surface area contributed by atoms with Gasteiger partial charge in [0.1, 0.15) is 11.3 Å². The van der Waals surface area contributed by atoms with Crippen LogP contribution in [0.4, 0.5) is 0 Å². The Hall–Kier alpha value is -1.09. The van der Waals surface area contributed by atoms with Crippen LogP contribution in [0.2, 0.25) is 5.15 Å². The number of hydrogen-bond donors (Lipinski definition) is 0. The monoisotopic (exact) mass is 181 g/mol. The summed E-state index contributed by atoms with van der Waals surface area (Å²) >= 11 is 5.90. The number of imidazole rings is 1. The van der Waals surface area contributed by atoms with Crippen LogP contribution in [-0.2, 0) is 7.05 Å². The zero-order valence-corrected chi connectivity index (χ0v) is 7.63. The van der Waals surface area contributed by atoms with Gasteiger partial charge in [0.05, 0.1) is 5.52 Å². The molecular formula is C8H8ClN3. The fraction of sp³-hybridized carbons (Fsp3) is 0.250. The number of aromatic nitrogens is 3. The summed E-state index contributed by atoms with van der Waals surface area (Å²) in [7, 11) is 1.93. The van der Waals surface area contributed by atoms with Crippen molar-refractivity contribution in [2.75, 3.05) is 0 Å². The number of hydrogen-bond acceptors (Lipinski definition) is 2. The highest BCUT2D eigenvalue weighted by molar-refractivity contribution is 6.33. The summed E-state index contributed by atoms with van der Waals surface area (Å²) in [6.07, 6.45) is 1.66. The molecule has 0 atom stereocenters. The topological polar surface area (TPSA) is 30.7 Å². The number of nitrogens with zero attached hydrogens (tertiary/aromatic N) is 3. The second kappa shape index (κ2) is 2.45. The molecule has 2 heterocycles. The van der Waals surface area contributed by atoms with Gasteiger partial charge in [-0.2, -0.15) is 0 Å². The van der Waals surface area contributed by atoms with E-state index in [0.717, 1.165) is 16.9 Å². The normalized spacial score (nSPS) is 10.9. The molecule has 0 spiro atoms. The Kier molecular flexibility index (Phi) is 1.54. The van der Waals surface area contributed by atoms with E-state index >= 15 is 0 Å². The SMILES string of the molecule is Cc1nc2ccnc(Cl)c2n1C. The maximum Gasteiger partial charge on any atom is 0.154 e. The molecule has 0 bridgehead atoms. The van der Waals surface area contributed by atoms with Gasteiger partial charge in [-0.1, -0.05) is 11.6 Å². The molecule has 0 unspecified atom stereocenters. The van der Waals surface area contributed by atoms with Gasteiger partial charge in [-0.05, 0) is 13.0 Å². The molecular weight excluding hydrogens is 174 g/mol. The van der Waals surface area contributed by atoms with E-state index in [1.54, 1.807) is 6.20 Å². The van der Waals surface area contributed by atoms with Gasteiger partial charge in [0.2, 0.25) is 0 Å². The molecule has 0 aliphatic carbocycles. The predicted octanol–water partition coefficient (Wildman–Crippen LogP) is 1.93. The Morgan fingerprint density at radius 1 is 1.50 bits per heavy atom. The van der Waals surface area contributed by atoms with Crippen molar-refractivity contribution in [3.8, 4) is 0 Å². The second-order valence-electron chi connectivity index (χ2n) is 2.69. The van der Waals surface area contributed by atoms with E-state index in [-0.39, 0.29) is 0 Å². The summed E-state index contributed by atoms with van der Waals surface area (Å²) in [6, 6.07) is 1.86. The molecule has 3 nitrogen and oxygen atoms in total. The molecule has 2 aromatic heterocycles. The van der Waals surface area contributed by atoms with E-state index in [1.165, 1.54) is 0 Å². The first-order valence-corrected chi connectivity index (χ1v) is 4.01. The average Bonchev–Trinajstić information content (AvgIpc) is 2.29. The number of halogens is 1. The standard InChI is InChI=1S/C8H8ClN3/c1-5-11-6-3-4-10-8(9)7(6)12(5)2/h3-4H,1-2H3. The van der Waals surface area contributed by atoms with Gasteiger partial charge in [0, 0.05) is 13.2 Å². The van der Waals surface area contributed by atoms with E-state index in [0.29, 0.717) is 5.15 Å². The van der Waals surface area contributed by atoms with E-state index in [2.05, 4.69) is 9.97 Å². The van der Waals surface area contributed by atoms with Crippen LogP contribution in [-0.4, -0.2) is 14.5 Å². The van der Waals surface area contributed by atoms with E-state index < -0.39 is 0 Å². The molecule has 12 heavy (non-hydrogen) atoms. The third-order valence-corrected chi connectivity index (χ3v) is 2.24. The van der Waals surface area contributed by atoms with Gasteiger partial charge in [0.15, 0.2) is 5.15 Å². The fourth-order valence-electron chi connectivity index (χ4n) is 1.23. The highest BCUT2D eigenvalue weighted by Crippen LogP contribution is 2.20. The van der Waals surface area contributed by atoms with Gasteiger partial charge in [-0.25, -0.2) is 9.97 Å². The lowest BCUT2D eigenvalue weighted by molar-refractivity contribution is 0.884. The first-order chi connectivity index (χ1) is 5.70. The van der Waals surface area contributed by atoms with Crippen molar-refractivity contribution >= 4 is 22.6 Å². The summed E-state index contributed by atoms with van der Waals surface area (Å²) < 4.78 is 1.94. The van der Waals surface area contributed by atoms with Gasteiger partial charge in [-0.3, -0.25) is 0 Å². The number of fused-ring (bicyclic) bond motifs is 1. The third kappa shape index (κ3) is 0.898. The molecule has 0 aromatic carbocycles. The van der Waals surface area contributed by atoms with Crippen LogP contribution in [0.3, 0.4) is 0 Å². The summed E-state index contributed by atoms with van der Waals surface area (Å²) in [5, 5.41) is 0.510. The van der Waals surface area contributed by atoms with Crippen molar-refractivity contribution in [3.05, 3.63) is 23.2 Å². The largest absolute Gasteiger partial charge is 0.329 e. The van der Waals surface area contributed by atoms with Crippen LogP contribution in [0, 0.1) is 6.92 Å². The first kappa shape index (κ1) is 7.55. The predicted molar refractivity (Wildman–Crippen MR) is 48.3 cm³/mol. The van der Waals surface area contributed by atoms with Crippen LogP contribution >= 0.6 is 11.6 Å². The highest BCUT2D eigenvalue weighted by atomic mass is 35.5. The summed E-state index contributed by atoms with van der Waals surface area (Å²) in [4.78, 5) is 8.30. The van der Waals surface area contributed by atoms with Crippen molar-refractivity contribution in [3.63, 3.8) is 0 Å². The summed E-state index contributed by atoms with van der Waals surface area (Å²) in [5.41, 5.74) is 1.80. The smallest absolute Gasteiger partial charge is 0.154 e. The van der Waals surface area contributed by atoms with Gasteiger partial charge in [0.25, 0.3) is 0 Å². The number of pyridine rings is 1. The molecule has 0 saturated carbocycles. The maximum atomic E-state index is 5.90. The molecule has 62 valence electrons. The van der Waals surface area contributed by atoms with Crippen molar-refractivity contribution in [2.45, 2.75) is 6.92 Å². The van der Waals surface area contributed by atoms with Crippen LogP contribution in [0.5, 0.6) is 0 Å². The highest BCUT2D eigenvalue weighted by Gasteiger charge is 2.07. The molecule has 0 aliphatic rings. The molecule has 0 aliphatic heterocycles. The summed E-state index contributed by atoms with van der Waals surface area (Å²) in [5.74, 6) is 0.944. The Bertz CT molecular complexity index is 433. The summed E-state index contributed by atoms with van der Waals surface area (Å²) in [6.45, 7) is 1.94. The van der Waals surface area contributed by atoms with Crippen molar-refractivity contribution in [2.24, 2.45) is 7.05 Å². The zero-order chi connectivity index (χ0) is 8.72. The molecule has 2 rings (SSSR count). The van der Waals surface area contributed by atoms with E-state index in [4.69, 9.17) is 11.6 Å². The van der Waals surface area contributed by atoms with E-state index in [9.17, 15) is 0 Å². The lowest BCUT2D eigenvalue weighted by Gasteiger charge is -1.96. The minimum Gasteiger partial charge on any atom is -0.329 e. The zero-order valence-electron chi connectivity index (χ0n) is 6.87. The Balaban J connectivity index is 2.97. The molecule has 4 heteroatoms. The average molecular weight is 182 g/mol. The molecule has 0 N–H and O–H groups in total. The Morgan fingerprint density at radius 2 is 2.25 bits per heavy atom. The molecule has 0 amide bonds. The molecule has 2 aromatic rings. The van der Waals surface area contributed by atoms with Gasteiger partial charge < -0.3 is 4.57 Å². The number of aryl methyl sites for hydroxylation is 2. The number of rotatable bonds is 0. The van der Waals surface area contributed by atoms with Crippen LogP contribution < -0.4 is 0 Å². The minimum absolute atomic E-state index is 0.510. The molecule has 0 radical (unpaired) electrons. The molecule has 0 saturated heterocycles. The van der Waals surface area contributed by atoms with E-state index in [1.807, 2.05) is 24.6 Å². The molecule has 0 fully saturated rings. The fourth-order valence-corrected chi connectivity index (χ4v) is 1.51. The van der Waals surface area contributed by atoms with Crippen LogP contribution in [0.15, 0.2) is 12.3 Å². The lowest BCUT2D eigenvalue weighted by atomic mass is 10.4. The Labute approximate surface area is 75.0 Å². The van der Waals surface area contributed by atoms with Crippen molar-refractivity contribution in [1.82, 2.24) is 14.5 Å². The van der Waals surface area contributed by atoms with Gasteiger partial charge >= 0.3 is 0 Å². The van der Waals surface area contributed by atoms with Crippen LogP contribution in [0.1, 0.15) is 5.82 Å². The maximum absolute atomic E-state index is 5.90. The van der Waals surface area contributed by atoms with Crippen molar-refractivity contribution in [1.29, 1.82) is 0 Å². The first-order valence-electron chi connectivity index (χ1n) is 3.63. The quantitative estimate of drug-likeness (QED) is 0.582. The van der Waals surface area contributed by atoms with Crippen LogP contribution in [0.25, 0.3) is 11.0 Å². The third-order valence-electron chi connectivity index (χ3n) is 1.96. The lowest BCUT2D eigenvalue weighted by Crippen LogP contribution is -1.91. The minimum atomic E-state index is 0.510. The second-order valence-corrected chi connectivity index (χ2v) is 3.05. The van der Waals surface area contributed by atoms with Crippen molar-refractivity contribution < 1.29 is 0 Å². The Morgan fingerprint density at radius 3 is 2.92 bits per heavy atom. The van der Waals surface area contributed by atoms with Gasteiger partial charge in [-0.15, -0.1) is 0 Å².